The van der Waals surface area contributed by atoms with Crippen molar-refractivity contribution in [2.75, 3.05) is 19.7 Å². The molecule has 2 aromatic rings. The molecular formula is C22H26N2O5. The van der Waals surface area contributed by atoms with E-state index in [0.29, 0.717) is 17.2 Å². The normalized spacial score (nSPS) is 26.2. The molecule has 3 aliphatic rings. The van der Waals surface area contributed by atoms with Crippen LogP contribution in [0.2, 0.25) is 0 Å². The van der Waals surface area contributed by atoms with Crippen LogP contribution in [0.3, 0.4) is 0 Å². The third-order valence-corrected chi connectivity index (χ3v) is 6.85. The quantitative estimate of drug-likeness (QED) is 0.771. The van der Waals surface area contributed by atoms with Gasteiger partial charge in [0.25, 0.3) is 0 Å². The number of carboxylic acid groups (broad SMARTS) is 1. The predicted octanol–water partition coefficient (Wildman–Crippen LogP) is 3.24. The molecule has 0 saturated carbocycles. The van der Waals surface area contributed by atoms with Gasteiger partial charge < -0.3 is 19.6 Å². The second kappa shape index (κ2) is 6.76. The minimum Gasteiger partial charge on any atom is -0.479 e. The van der Waals surface area contributed by atoms with Crippen LogP contribution in [-0.2, 0) is 16.0 Å². The Hall–Kier alpha value is -2.54. The van der Waals surface area contributed by atoms with E-state index in [4.69, 9.17) is 14.6 Å². The summed E-state index contributed by atoms with van der Waals surface area (Å²) in [5.74, 6) is -0.530. The zero-order chi connectivity index (χ0) is 20.2. The van der Waals surface area contributed by atoms with Gasteiger partial charge in [0.2, 0.25) is 0 Å². The van der Waals surface area contributed by atoms with Crippen LogP contribution in [0.4, 0.5) is 0 Å². The minimum atomic E-state index is -1.16. The maximum absolute atomic E-state index is 12.7. The highest BCUT2D eigenvalue weighted by atomic mass is 16.5. The lowest BCUT2D eigenvalue weighted by molar-refractivity contribution is -0.177. The Kier molecular flexibility index (Phi) is 4.31. The van der Waals surface area contributed by atoms with E-state index in [1.807, 2.05) is 19.1 Å². The maximum Gasteiger partial charge on any atom is 0.341 e. The smallest absolute Gasteiger partial charge is 0.341 e. The van der Waals surface area contributed by atoms with E-state index >= 15 is 0 Å². The number of aromatic amines is 1. The molecule has 0 bridgehead atoms. The average molecular weight is 398 g/mol. The van der Waals surface area contributed by atoms with Gasteiger partial charge in [-0.15, -0.1) is 0 Å². The summed E-state index contributed by atoms with van der Waals surface area (Å²) in [7, 11) is 0. The Balaban J connectivity index is 1.60. The number of carbonyl (C=O) groups excluding carboxylic acids is 1. The molecule has 2 fully saturated rings. The van der Waals surface area contributed by atoms with Gasteiger partial charge in [0.05, 0.1) is 5.56 Å². The molecule has 7 heteroatoms. The van der Waals surface area contributed by atoms with Crippen LogP contribution < -0.4 is 4.74 Å². The zero-order valence-electron chi connectivity index (χ0n) is 16.6. The molecule has 5 rings (SSSR count). The Morgan fingerprint density at radius 1 is 1.31 bits per heavy atom. The van der Waals surface area contributed by atoms with Crippen molar-refractivity contribution in [3.63, 3.8) is 0 Å². The number of fused-ring (bicyclic) bond motifs is 3. The van der Waals surface area contributed by atoms with Gasteiger partial charge in [-0.1, -0.05) is 0 Å². The van der Waals surface area contributed by atoms with Crippen LogP contribution in [0.15, 0.2) is 12.1 Å². The molecule has 4 heterocycles. The molecule has 2 saturated heterocycles. The number of nitrogens with zero attached hydrogens (tertiary/aromatic N) is 1. The van der Waals surface area contributed by atoms with Gasteiger partial charge in [0.1, 0.15) is 5.75 Å². The summed E-state index contributed by atoms with van der Waals surface area (Å²) in [5, 5.41) is 9.68. The molecule has 2 atom stereocenters. The second-order valence-electron chi connectivity index (χ2n) is 8.49. The molecule has 7 nitrogen and oxygen atoms in total. The summed E-state index contributed by atoms with van der Waals surface area (Å²) in [4.78, 5) is 29.3. The van der Waals surface area contributed by atoms with Crippen molar-refractivity contribution in [3.8, 4) is 5.75 Å². The largest absolute Gasteiger partial charge is 0.479 e. The van der Waals surface area contributed by atoms with E-state index in [0.717, 1.165) is 54.6 Å². The summed E-state index contributed by atoms with van der Waals surface area (Å²) < 4.78 is 11.8. The molecule has 1 aromatic carbocycles. The number of esters is 1. The van der Waals surface area contributed by atoms with Gasteiger partial charge in [-0.25, -0.2) is 9.59 Å². The monoisotopic (exact) mass is 398 g/mol. The molecule has 0 amide bonds. The fourth-order valence-corrected chi connectivity index (χ4v) is 5.67. The van der Waals surface area contributed by atoms with E-state index < -0.39 is 18.5 Å². The molecule has 0 radical (unpaired) electrons. The Labute approximate surface area is 169 Å². The maximum atomic E-state index is 12.7. The topological polar surface area (TPSA) is 91.9 Å². The van der Waals surface area contributed by atoms with Gasteiger partial charge in [-0.2, -0.15) is 0 Å². The van der Waals surface area contributed by atoms with Crippen LogP contribution in [-0.4, -0.2) is 52.4 Å². The van der Waals surface area contributed by atoms with Crippen molar-refractivity contribution >= 4 is 22.8 Å². The fourth-order valence-electron chi connectivity index (χ4n) is 5.67. The third-order valence-electron chi connectivity index (χ3n) is 6.85. The van der Waals surface area contributed by atoms with Crippen LogP contribution in [0.5, 0.6) is 5.75 Å². The molecular weight excluding hydrogens is 372 g/mol. The van der Waals surface area contributed by atoms with E-state index in [2.05, 4.69) is 9.88 Å². The van der Waals surface area contributed by atoms with Gasteiger partial charge >= 0.3 is 11.9 Å². The number of nitrogens with one attached hydrogen (secondary N) is 1. The van der Waals surface area contributed by atoms with Crippen molar-refractivity contribution < 1.29 is 24.2 Å². The van der Waals surface area contributed by atoms with E-state index in [1.54, 1.807) is 0 Å². The van der Waals surface area contributed by atoms with Crippen LogP contribution in [0.1, 0.15) is 53.7 Å². The first-order valence-corrected chi connectivity index (χ1v) is 10.5. The molecule has 1 aromatic heterocycles. The summed E-state index contributed by atoms with van der Waals surface area (Å²) in [6, 6.07) is 3.95. The Morgan fingerprint density at radius 3 is 2.97 bits per heavy atom. The highest BCUT2D eigenvalue weighted by Crippen LogP contribution is 2.50. The number of carbonyl (C=O) groups is 2. The van der Waals surface area contributed by atoms with Crippen molar-refractivity contribution in [1.29, 1.82) is 0 Å². The molecule has 29 heavy (non-hydrogen) atoms. The predicted molar refractivity (Wildman–Crippen MR) is 106 cm³/mol. The van der Waals surface area contributed by atoms with Crippen molar-refractivity contribution in [2.45, 2.75) is 51.2 Å². The minimum absolute atomic E-state index is 0.216. The molecule has 3 aliphatic heterocycles. The first-order chi connectivity index (χ1) is 14.0. The summed E-state index contributed by atoms with van der Waals surface area (Å²) in [5.41, 5.74) is 2.80. The second-order valence-corrected chi connectivity index (χ2v) is 8.49. The van der Waals surface area contributed by atoms with E-state index in [9.17, 15) is 9.59 Å². The lowest BCUT2D eigenvalue weighted by Crippen LogP contribution is -2.64. The van der Waals surface area contributed by atoms with Crippen molar-refractivity contribution in [2.24, 2.45) is 5.92 Å². The number of H-pyrrole nitrogens is 1. The first kappa shape index (κ1) is 18.5. The lowest BCUT2D eigenvalue weighted by atomic mass is 9.74. The number of aliphatic carboxylic acids is 1. The SMILES string of the molecule is Cc1[nH]c2ccc3c(c2c1C(=O)OCC(=O)O)CC1CCCN2CCCCC12O3. The standard InChI is InChI=1S/C22H26N2O5/c1-13-19(21(27)28-12-18(25)26)20-15-11-14-5-4-10-24-9-3-2-8-22(14,24)29-17(15)7-6-16(20)23-13/h6-7,14,23H,2-5,8-12H2,1H3,(H,25,26). The van der Waals surface area contributed by atoms with Gasteiger partial charge in [-0.05, 0) is 51.2 Å². The Morgan fingerprint density at radius 2 is 2.14 bits per heavy atom. The molecule has 2 N–H and O–H groups in total. The summed E-state index contributed by atoms with van der Waals surface area (Å²) in [6.07, 6.45) is 6.60. The summed E-state index contributed by atoms with van der Waals surface area (Å²) in [6.45, 7) is 3.35. The fraction of sp³-hybridized carbons (Fsp3) is 0.545. The van der Waals surface area contributed by atoms with E-state index in [-0.39, 0.29) is 5.72 Å². The number of carboxylic acids is 1. The zero-order valence-corrected chi connectivity index (χ0v) is 16.6. The number of ether oxygens (including phenoxy) is 2. The number of hydrogen-bond acceptors (Lipinski definition) is 5. The van der Waals surface area contributed by atoms with Gasteiger partial charge in [-0.3, -0.25) is 4.90 Å². The molecule has 2 unspecified atom stereocenters. The van der Waals surface area contributed by atoms with Crippen molar-refractivity contribution in [1.82, 2.24) is 9.88 Å². The van der Waals surface area contributed by atoms with Crippen LogP contribution in [0, 0.1) is 12.8 Å². The summed E-state index contributed by atoms with van der Waals surface area (Å²) >= 11 is 0. The highest BCUT2D eigenvalue weighted by Gasteiger charge is 2.52. The van der Waals surface area contributed by atoms with Gasteiger partial charge in [0.15, 0.2) is 12.3 Å². The number of rotatable bonds is 3. The van der Waals surface area contributed by atoms with Crippen LogP contribution in [0.25, 0.3) is 10.9 Å². The first-order valence-electron chi connectivity index (χ1n) is 10.5. The number of benzene rings is 1. The Bertz CT molecular complexity index is 995. The number of piperidine rings is 2. The van der Waals surface area contributed by atoms with Gasteiger partial charge in [0, 0.05) is 47.6 Å². The molecule has 0 aliphatic carbocycles. The number of hydrogen-bond donors (Lipinski definition) is 2. The molecule has 1 spiro atoms. The third kappa shape index (κ3) is 2.82. The highest BCUT2D eigenvalue weighted by molar-refractivity contribution is 6.08. The van der Waals surface area contributed by atoms with E-state index in [1.165, 1.54) is 19.3 Å². The lowest BCUT2D eigenvalue weighted by Gasteiger charge is -2.56. The number of aromatic nitrogens is 1. The van der Waals surface area contributed by atoms with Crippen molar-refractivity contribution in [3.05, 3.63) is 29.0 Å². The number of aryl methyl sites for hydroxylation is 1. The average Bonchev–Trinajstić information content (AvgIpc) is 3.05. The van der Waals surface area contributed by atoms with Crippen LogP contribution >= 0.6 is 0 Å². The molecule has 154 valence electrons.